The molecule has 60 heavy (non-hydrogen) atoms. The minimum atomic E-state index is -0.738. The summed E-state index contributed by atoms with van der Waals surface area (Å²) in [6.45, 7) is 3.76. The summed E-state index contributed by atoms with van der Waals surface area (Å²) >= 11 is 3.33. The average molecular weight is 883 g/mol. The van der Waals surface area contributed by atoms with Crippen molar-refractivity contribution < 1.29 is 41.4 Å². The lowest BCUT2D eigenvalue weighted by atomic mass is 10.0. The third-order valence-electron chi connectivity index (χ3n) is 8.93. The summed E-state index contributed by atoms with van der Waals surface area (Å²) < 4.78 is 70.3. The summed E-state index contributed by atoms with van der Waals surface area (Å²) in [7, 11) is 2.99. The highest BCUT2D eigenvalue weighted by atomic mass is 79.9. The fourth-order valence-electron chi connectivity index (χ4n) is 5.81. The molecule has 1 aliphatic rings. The van der Waals surface area contributed by atoms with Gasteiger partial charge in [0.05, 0.1) is 56.5 Å². The maximum atomic E-state index is 13.9. The number of carbonyl (C=O) groups is 2. The number of anilines is 4. The normalized spacial score (nSPS) is 12.2. The number of rotatable bonds is 11. The SMILES string of the molecule is COc1ccc(Br)cc1C(=O)c1ccc(Nc2ccc(F)cc2F)nc1.COc1ccc(C#CCN2CCOCC2)cc1C(=O)c1ccc(Nc2ccc(F)cc2F)nc1. The van der Waals surface area contributed by atoms with Crippen molar-refractivity contribution in [2.75, 3.05) is 57.7 Å². The van der Waals surface area contributed by atoms with Crippen molar-refractivity contribution in [3.8, 4) is 23.3 Å². The second-order valence-electron chi connectivity index (χ2n) is 13.0. The van der Waals surface area contributed by atoms with Crippen molar-refractivity contribution in [3.63, 3.8) is 0 Å². The smallest absolute Gasteiger partial charge is 0.198 e. The standard InChI is InChI=1S/C26H23F2N3O3.C19H13BrF2N2O2/c1-33-24-8-4-18(3-2-10-31-11-13-34-14-12-31)15-21(24)26(32)19-5-9-25(29-17-19)30-23-7-6-20(27)16-22(23)28;1-26-17-6-3-12(20)8-14(17)19(25)11-2-7-18(23-10-11)24-16-5-4-13(21)9-15(16)22/h4-9,15-17H,10-14H2,1H3,(H,29,30);2-10H,1H3,(H,23,24). The Morgan fingerprint density at radius 3 is 1.70 bits per heavy atom. The first-order valence-electron chi connectivity index (χ1n) is 18.3. The molecule has 6 aromatic rings. The number of hydrogen-bond acceptors (Lipinski definition) is 10. The molecule has 0 atom stereocenters. The van der Waals surface area contributed by atoms with Gasteiger partial charge in [-0.15, -0.1) is 0 Å². The number of ether oxygens (including phenoxy) is 3. The van der Waals surface area contributed by atoms with Crippen LogP contribution in [0.4, 0.5) is 40.6 Å². The third kappa shape index (κ3) is 11.3. The Hall–Kier alpha value is -6.60. The zero-order valence-corrected chi connectivity index (χ0v) is 33.8. The molecule has 15 heteroatoms. The Morgan fingerprint density at radius 1 is 0.700 bits per heavy atom. The van der Waals surface area contributed by atoms with Crippen LogP contribution >= 0.6 is 15.9 Å². The summed E-state index contributed by atoms with van der Waals surface area (Å²) in [5.74, 6) is 4.45. The monoisotopic (exact) mass is 881 g/mol. The van der Waals surface area contributed by atoms with Gasteiger partial charge >= 0.3 is 0 Å². The number of aromatic nitrogens is 2. The molecule has 306 valence electrons. The lowest BCUT2D eigenvalue weighted by molar-refractivity contribution is 0.0443. The minimum Gasteiger partial charge on any atom is -0.496 e. The molecule has 0 saturated carbocycles. The van der Waals surface area contributed by atoms with E-state index >= 15 is 0 Å². The number of morpholine rings is 1. The fourth-order valence-corrected chi connectivity index (χ4v) is 6.17. The molecule has 0 bridgehead atoms. The quantitative estimate of drug-likeness (QED) is 0.0742. The third-order valence-corrected chi connectivity index (χ3v) is 9.42. The molecule has 0 amide bonds. The van der Waals surface area contributed by atoms with Crippen molar-refractivity contribution >= 4 is 50.5 Å². The second kappa shape index (κ2) is 20.4. The van der Waals surface area contributed by atoms with Crippen LogP contribution < -0.4 is 20.1 Å². The van der Waals surface area contributed by atoms with Gasteiger partial charge in [0.1, 0.15) is 46.4 Å². The van der Waals surface area contributed by atoms with E-state index in [9.17, 15) is 27.2 Å². The van der Waals surface area contributed by atoms with Crippen molar-refractivity contribution in [1.82, 2.24) is 14.9 Å². The number of nitrogens with one attached hydrogen (secondary N) is 2. The van der Waals surface area contributed by atoms with E-state index in [0.29, 0.717) is 70.7 Å². The summed E-state index contributed by atoms with van der Waals surface area (Å²) in [5, 5.41) is 5.51. The number of nitrogens with zero attached hydrogens (tertiary/aromatic N) is 3. The van der Waals surface area contributed by atoms with E-state index in [2.05, 4.69) is 53.3 Å². The molecule has 0 aliphatic carbocycles. The van der Waals surface area contributed by atoms with Crippen LogP contribution in [0.5, 0.6) is 11.5 Å². The first-order chi connectivity index (χ1) is 29.0. The van der Waals surface area contributed by atoms with Crippen LogP contribution in [0.25, 0.3) is 0 Å². The highest BCUT2D eigenvalue weighted by Gasteiger charge is 2.18. The van der Waals surface area contributed by atoms with Crippen molar-refractivity contribution in [1.29, 1.82) is 0 Å². The second-order valence-corrected chi connectivity index (χ2v) is 13.9. The van der Waals surface area contributed by atoms with Gasteiger partial charge in [0.15, 0.2) is 11.6 Å². The molecular weight excluding hydrogens is 846 g/mol. The van der Waals surface area contributed by atoms with Crippen LogP contribution in [0.15, 0.2) is 114 Å². The van der Waals surface area contributed by atoms with E-state index in [1.807, 2.05) is 6.07 Å². The van der Waals surface area contributed by atoms with Crippen LogP contribution in [-0.4, -0.2) is 73.5 Å². The Labute approximate surface area is 351 Å². The van der Waals surface area contributed by atoms with E-state index in [0.717, 1.165) is 41.8 Å². The van der Waals surface area contributed by atoms with E-state index in [1.54, 1.807) is 54.6 Å². The topological polar surface area (TPSA) is 115 Å². The number of methoxy groups -OCH3 is 2. The van der Waals surface area contributed by atoms with Crippen molar-refractivity contribution in [2.45, 2.75) is 0 Å². The van der Waals surface area contributed by atoms with E-state index in [4.69, 9.17) is 14.2 Å². The van der Waals surface area contributed by atoms with Crippen LogP contribution in [-0.2, 0) is 4.74 Å². The molecule has 3 heterocycles. The Bertz CT molecular complexity index is 2540. The van der Waals surface area contributed by atoms with Crippen LogP contribution in [0.2, 0.25) is 0 Å². The maximum absolute atomic E-state index is 13.9. The van der Waals surface area contributed by atoms with Crippen molar-refractivity contribution in [2.24, 2.45) is 0 Å². The van der Waals surface area contributed by atoms with Crippen LogP contribution in [0, 0.1) is 35.1 Å². The minimum absolute atomic E-state index is 0.0815. The molecule has 4 aromatic carbocycles. The molecular formula is C45H36BrF4N5O5. The predicted octanol–water partition coefficient (Wildman–Crippen LogP) is 9.13. The Morgan fingerprint density at radius 2 is 1.22 bits per heavy atom. The zero-order chi connectivity index (χ0) is 42.6. The molecule has 0 unspecified atom stereocenters. The average Bonchev–Trinajstić information content (AvgIpc) is 3.26. The van der Waals surface area contributed by atoms with Gasteiger partial charge in [-0.25, -0.2) is 27.5 Å². The molecule has 7 rings (SSSR count). The predicted molar refractivity (Wildman–Crippen MR) is 222 cm³/mol. The van der Waals surface area contributed by atoms with Crippen LogP contribution in [0.3, 0.4) is 0 Å². The first-order valence-corrected chi connectivity index (χ1v) is 19.1. The maximum Gasteiger partial charge on any atom is 0.198 e. The molecule has 1 saturated heterocycles. The fraction of sp³-hybridized carbons (Fsp3) is 0.156. The molecule has 10 nitrogen and oxygen atoms in total. The summed E-state index contributed by atoms with van der Waals surface area (Å²) in [6.07, 6.45) is 2.77. The van der Waals surface area contributed by atoms with E-state index in [1.165, 1.54) is 38.7 Å². The zero-order valence-electron chi connectivity index (χ0n) is 32.2. The van der Waals surface area contributed by atoms with Gasteiger partial charge in [0.25, 0.3) is 0 Å². The molecule has 2 aromatic heterocycles. The van der Waals surface area contributed by atoms with Gasteiger partial charge in [-0.3, -0.25) is 14.5 Å². The Kier molecular flexibility index (Phi) is 14.6. The summed E-state index contributed by atoms with van der Waals surface area (Å²) in [4.78, 5) is 36.3. The van der Waals surface area contributed by atoms with Crippen molar-refractivity contribution in [3.05, 3.63) is 165 Å². The van der Waals surface area contributed by atoms with Gasteiger partial charge in [-0.2, -0.15) is 0 Å². The molecule has 1 aliphatic heterocycles. The molecule has 1 fully saturated rings. The van der Waals surface area contributed by atoms with Gasteiger partial charge in [-0.1, -0.05) is 27.8 Å². The highest BCUT2D eigenvalue weighted by molar-refractivity contribution is 9.10. The number of carbonyl (C=O) groups excluding carboxylic acids is 2. The summed E-state index contributed by atoms with van der Waals surface area (Å²) in [6, 6.07) is 23.0. The van der Waals surface area contributed by atoms with Gasteiger partial charge in [-0.05, 0) is 84.9 Å². The molecule has 2 N–H and O–H groups in total. The number of benzene rings is 4. The van der Waals surface area contributed by atoms with Crippen LogP contribution in [0.1, 0.15) is 37.4 Å². The van der Waals surface area contributed by atoms with Gasteiger partial charge in [0.2, 0.25) is 0 Å². The van der Waals surface area contributed by atoms with Gasteiger partial charge < -0.3 is 24.8 Å². The molecule has 0 radical (unpaired) electrons. The number of hydrogen-bond donors (Lipinski definition) is 2. The van der Waals surface area contributed by atoms with E-state index < -0.39 is 23.3 Å². The number of ketones is 2. The largest absolute Gasteiger partial charge is 0.496 e. The summed E-state index contributed by atoms with van der Waals surface area (Å²) in [5.41, 5.74) is 2.33. The number of halogens is 5. The lowest BCUT2D eigenvalue weighted by Crippen LogP contribution is -2.36. The first kappa shape index (κ1) is 43.0. The number of pyridine rings is 2. The van der Waals surface area contributed by atoms with Gasteiger partial charge in [0, 0.05) is 58.8 Å². The molecule has 0 spiro atoms. The Balaban J connectivity index is 0.000000209. The van der Waals surface area contributed by atoms with E-state index in [-0.39, 0.29) is 22.9 Å². The highest BCUT2D eigenvalue weighted by Crippen LogP contribution is 2.27. The lowest BCUT2D eigenvalue weighted by Gasteiger charge is -2.24.